The first-order valence-corrected chi connectivity index (χ1v) is 15.7. The predicted octanol–water partition coefficient (Wildman–Crippen LogP) is 6.16. The van der Waals surface area contributed by atoms with Crippen LogP contribution in [0, 0.1) is 0 Å². The topological polar surface area (TPSA) is 99.0 Å². The van der Waals surface area contributed by atoms with Crippen molar-refractivity contribution in [1.82, 2.24) is 29.4 Å². The molecule has 47 heavy (non-hydrogen) atoms. The average molecular weight is 649 g/mol. The lowest BCUT2D eigenvalue weighted by Crippen LogP contribution is -2.38. The van der Waals surface area contributed by atoms with Crippen LogP contribution in [0.1, 0.15) is 61.1 Å². The van der Waals surface area contributed by atoms with E-state index in [0.29, 0.717) is 49.1 Å². The highest BCUT2D eigenvalue weighted by molar-refractivity contribution is 5.94. The van der Waals surface area contributed by atoms with Crippen LogP contribution in [0.3, 0.4) is 0 Å². The number of nitrogens with zero attached hydrogens (tertiary/aromatic N) is 7. The number of likely N-dealkylation sites (tertiary alicyclic amines) is 1. The number of aromatic nitrogens is 4. The second-order valence-corrected chi connectivity index (χ2v) is 12.1. The Morgan fingerprint density at radius 3 is 2.43 bits per heavy atom. The molecule has 1 fully saturated rings. The van der Waals surface area contributed by atoms with Gasteiger partial charge in [0.2, 0.25) is 11.9 Å². The monoisotopic (exact) mass is 648 g/mol. The minimum atomic E-state index is -4.35. The molecule has 4 aromatic rings. The van der Waals surface area contributed by atoms with Gasteiger partial charge in [0.15, 0.2) is 5.65 Å². The van der Waals surface area contributed by atoms with Gasteiger partial charge in [-0.05, 0) is 73.4 Å². The Hall–Kier alpha value is -4.94. The van der Waals surface area contributed by atoms with Crippen molar-refractivity contribution < 1.29 is 24.2 Å². The van der Waals surface area contributed by atoms with Crippen molar-refractivity contribution in [3.05, 3.63) is 83.7 Å². The molecule has 0 radical (unpaired) electrons. The molecule has 0 unspecified atom stereocenters. The van der Waals surface area contributed by atoms with Gasteiger partial charge in [0.05, 0.1) is 6.42 Å². The predicted molar refractivity (Wildman–Crippen MR) is 176 cm³/mol. The fourth-order valence-electron chi connectivity index (χ4n) is 6.06. The average Bonchev–Trinajstić information content (AvgIpc) is 3.50. The van der Waals surface area contributed by atoms with Crippen molar-refractivity contribution in [3.63, 3.8) is 0 Å². The summed E-state index contributed by atoms with van der Waals surface area (Å²) in [7, 11) is 3.96. The van der Waals surface area contributed by atoms with Gasteiger partial charge < -0.3 is 20.0 Å². The molecule has 0 bridgehead atoms. The maximum Gasteiger partial charge on any atom is 0.389 e. The third-order valence-corrected chi connectivity index (χ3v) is 8.70. The molecule has 0 atom stereocenters. The Morgan fingerprint density at radius 1 is 0.979 bits per heavy atom. The SMILES string of the molecule is CN(C)c1cccc(C2CCN(C(=O)c3ccc(Nc4nc5c(C6=CCN(C(=O)CCC(F)(F)F)CC6)cccn5n4)cc3)CC2)n1.[HH]. The smallest absolute Gasteiger partial charge is 0.363 e. The zero-order chi connectivity index (χ0) is 33.1. The van der Waals surface area contributed by atoms with Gasteiger partial charge in [-0.1, -0.05) is 12.1 Å². The first-order chi connectivity index (χ1) is 22.5. The first kappa shape index (κ1) is 32.0. The molecular weight excluding hydrogens is 609 g/mol. The lowest BCUT2D eigenvalue weighted by atomic mass is 9.92. The summed E-state index contributed by atoms with van der Waals surface area (Å²) in [5.41, 5.74) is 4.85. The second kappa shape index (κ2) is 13.4. The van der Waals surface area contributed by atoms with Crippen LogP contribution in [0.4, 0.5) is 30.6 Å². The molecule has 1 N–H and O–H groups in total. The molecule has 2 aliphatic heterocycles. The van der Waals surface area contributed by atoms with Crippen LogP contribution >= 0.6 is 0 Å². The van der Waals surface area contributed by atoms with Crippen LogP contribution in [0.25, 0.3) is 11.2 Å². The highest BCUT2D eigenvalue weighted by Crippen LogP contribution is 2.30. The number of carbonyl (C=O) groups excluding carboxylic acids is 2. The van der Waals surface area contributed by atoms with Gasteiger partial charge >= 0.3 is 6.18 Å². The number of piperidine rings is 1. The summed E-state index contributed by atoms with van der Waals surface area (Å²) in [5.74, 6) is 1.15. The van der Waals surface area contributed by atoms with E-state index < -0.39 is 24.9 Å². The minimum absolute atomic E-state index is 0. The van der Waals surface area contributed by atoms with Gasteiger partial charge in [-0.2, -0.15) is 18.2 Å². The maximum atomic E-state index is 13.3. The lowest BCUT2D eigenvalue weighted by Gasteiger charge is -2.32. The zero-order valence-electron chi connectivity index (χ0n) is 26.4. The van der Waals surface area contributed by atoms with Gasteiger partial charge in [-0.15, -0.1) is 5.10 Å². The number of hydrogen-bond acceptors (Lipinski definition) is 7. The zero-order valence-corrected chi connectivity index (χ0v) is 26.4. The number of fused-ring (bicyclic) bond motifs is 1. The number of halogens is 3. The summed E-state index contributed by atoms with van der Waals surface area (Å²) >= 11 is 0. The first-order valence-electron chi connectivity index (χ1n) is 15.7. The van der Waals surface area contributed by atoms with E-state index in [2.05, 4.69) is 21.5 Å². The van der Waals surface area contributed by atoms with Gasteiger partial charge in [-0.25, -0.2) is 9.50 Å². The molecule has 5 heterocycles. The number of amides is 2. The Bertz CT molecular complexity index is 1780. The molecule has 248 valence electrons. The van der Waals surface area contributed by atoms with Crippen molar-refractivity contribution in [2.75, 3.05) is 50.5 Å². The quantitative estimate of drug-likeness (QED) is 0.245. The summed E-state index contributed by atoms with van der Waals surface area (Å²) in [6.45, 7) is 1.94. The van der Waals surface area contributed by atoms with Gasteiger partial charge in [0.25, 0.3) is 5.91 Å². The normalized spacial score (nSPS) is 15.9. The van der Waals surface area contributed by atoms with E-state index in [-0.39, 0.29) is 13.9 Å². The number of pyridine rings is 2. The largest absolute Gasteiger partial charge is 0.389 e. The fraction of sp³-hybridized carbons (Fsp3) is 0.382. The van der Waals surface area contributed by atoms with Gasteiger partial charge in [0, 0.05) is 82.7 Å². The Morgan fingerprint density at radius 2 is 1.74 bits per heavy atom. The minimum Gasteiger partial charge on any atom is -0.363 e. The van der Waals surface area contributed by atoms with Crippen molar-refractivity contribution in [3.8, 4) is 0 Å². The van der Waals surface area contributed by atoms with Crippen LogP contribution in [0.15, 0.2) is 66.9 Å². The van der Waals surface area contributed by atoms with E-state index in [1.807, 2.05) is 66.4 Å². The number of anilines is 3. The van der Waals surface area contributed by atoms with Crippen molar-refractivity contribution in [1.29, 1.82) is 0 Å². The number of hydrogen-bond donors (Lipinski definition) is 1. The molecule has 3 aromatic heterocycles. The maximum absolute atomic E-state index is 13.3. The fourth-order valence-corrected chi connectivity index (χ4v) is 6.06. The number of carbonyl (C=O) groups is 2. The molecule has 10 nitrogen and oxygen atoms in total. The van der Waals surface area contributed by atoms with Gasteiger partial charge in [0.1, 0.15) is 5.82 Å². The summed E-state index contributed by atoms with van der Waals surface area (Å²) in [6, 6.07) is 17.1. The summed E-state index contributed by atoms with van der Waals surface area (Å²) < 4.78 is 39.3. The highest BCUT2D eigenvalue weighted by Gasteiger charge is 2.30. The van der Waals surface area contributed by atoms with Crippen molar-refractivity contribution in [2.45, 2.75) is 44.2 Å². The van der Waals surface area contributed by atoms with E-state index in [9.17, 15) is 22.8 Å². The summed E-state index contributed by atoms with van der Waals surface area (Å²) in [5, 5.41) is 7.76. The van der Waals surface area contributed by atoms with Crippen LogP contribution in [0.5, 0.6) is 0 Å². The summed E-state index contributed by atoms with van der Waals surface area (Å²) in [4.78, 5) is 40.3. The van der Waals surface area contributed by atoms with E-state index in [1.54, 1.807) is 22.8 Å². The number of rotatable bonds is 8. The van der Waals surface area contributed by atoms with Gasteiger partial charge in [-0.3, -0.25) is 9.59 Å². The molecule has 1 aromatic carbocycles. The highest BCUT2D eigenvalue weighted by atomic mass is 19.4. The molecule has 0 aliphatic carbocycles. The molecule has 6 rings (SSSR count). The summed E-state index contributed by atoms with van der Waals surface area (Å²) in [6.07, 6.45) is -0.121. The Balaban J connectivity index is 0.00000451. The van der Waals surface area contributed by atoms with E-state index >= 15 is 0 Å². The number of alkyl halides is 3. The standard InChI is InChI=1S/C34H37F3N8O2.H2/c1-42(2)29-7-3-6-28(39-29)24-15-21-44(22-16-24)32(47)25-8-10-26(11-9-25)38-33-40-31-27(5-4-18-45(31)41-33)23-13-19-43(20-14-23)30(46)12-17-34(35,36)37;/h3-11,13,18,24H,12,14-17,19-22H2,1-2H3,(H,38,41);1H. The van der Waals surface area contributed by atoms with E-state index in [0.717, 1.165) is 41.2 Å². The third-order valence-electron chi connectivity index (χ3n) is 8.70. The van der Waals surface area contributed by atoms with Crippen LogP contribution in [0.2, 0.25) is 0 Å². The van der Waals surface area contributed by atoms with Crippen LogP contribution in [-0.2, 0) is 4.79 Å². The number of nitrogens with one attached hydrogen (secondary N) is 1. The molecule has 0 spiro atoms. The van der Waals surface area contributed by atoms with Crippen LogP contribution in [-0.4, -0.2) is 87.6 Å². The number of benzene rings is 1. The molecule has 0 saturated carbocycles. The second-order valence-electron chi connectivity index (χ2n) is 12.1. The molecule has 1 saturated heterocycles. The molecule has 13 heteroatoms. The Labute approximate surface area is 272 Å². The molecular formula is C34H39F3N8O2. The van der Waals surface area contributed by atoms with E-state index in [4.69, 9.17) is 4.98 Å². The van der Waals surface area contributed by atoms with Crippen molar-refractivity contribution in [2.24, 2.45) is 0 Å². The Kier molecular flexibility index (Phi) is 9.15. The third kappa shape index (κ3) is 7.55. The molecule has 2 amide bonds. The lowest BCUT2D eigenvalue weighted by molar-refractivity contribution is -0.148. The molecule has 2 aliphatic rings. The van der Waals surface area contributed by atoms with E-state index in [1.165, 1.54) is 4.90 Å². The van der Waals surface area contributed by atoms with Crippen LogP contribution < -0.4 is 10.2 Å². The van der Waals surface area contributed by atoms with Crippen molar-refractivity contribution >= 4 is 40.5 Å².